The Labute approximate surface area is 159 Å². The number of amides is 1. The summed E-state index contributed by atoms with van der Waals surface area (Å²) < 4.78 is 30.1. The minimum atomic E-state index is -2.45. The smallest absolute Gasteiger partial charge is 0.408 e. The average molecular weight is 385 g/mol. The van der Waals surface area contributed by atoms with Gasteiger partial charge >= 0.3 is 12.1 Å². The van der Waals surface area contributed by atoms with Gasteiger partial charge in [0.1, 0.15) is 11.6 Å². The predicted octanol–water partition coefficient (Wildman–Crippen LogP) is 5.10. The van der Waals surface area contributed by atoms with Crippen molar-refractivity contribution in [2.45, 2.75) is 77.4 Å². The van der Waals surface area contributed by atoms with Crippen LogP contribution < -0.4 is 5.32 Å². The van der Waals surface area contributed by atoms with Crippen LogP contribution in [0, 0.1) is 0 Å². The molecule has 1 rings (SSSR count). The predicted molar refractivity (Wildman–Crippen MR) is 99.0 cm³/mol. The molecule has 1 amide bonds. The summed E-state index contributed by atoms with van der Waals surface area (Å²) >= 11 is 0. The number of aryl methyl sites for hydroxylation is 1. The third-order valence-corrected chi connectivity index (χ3v) is 3.93. The zero-order valence-electron chi connectivity index (χ0n) is 16.1. The molecule has 2 N–H and O–H groups in total. The van der Waals surface area contributed by atoms with Crippen LogP contribution in [-0.2, 0) is 16.0 Å². The Kier molecular flexibility index (Phi) is 9.18. The van der Waals surface area contributed by atoms with Crippen LogP contribution in [-0.4, -0.2) is 28.8 Å². The highest BCUT2D eigenvalue weighted by atomic mass is 19.3. The quantitative estimate of drug-likeness (QED) is 0.550. The second kappa shape index (κ2) is 10.8. The van der Waals surface area contributed by atoms with Crippen LogP contribution in [0.5, 0.6) is 0 Å². The van der Waals surface area contributed by atoms with E-state index in [1.807, 2.05) is 0 Å². The van der Waals surface area contributed by atoms with Gasteiger partial charge < -0.3 is 15.2 Å². The normalized spacial score (nSPS) is 12.7. The number of hydrogen-bond acceptors (Lipinski definition) is 3. The molecule has 0 fully saturated rings. The highest BCUT2D eigenvalue weighted by molar-refractivity contribution is 5.79. The van der Waals surface area contributed by atoms with Gasteiger partial charge in [0, 0.05) is 5.56 Å². The van der Waals surface area contributed by atoms with E-state index in [9.17, 15) is 23.5 Å². The number of carbonyl (C=O) groups is 2. The number of aliphatic carboxylic acids is 1. The Morgan fingerprint density at radius 1 is 1.07 bits per heavy atom. The van der Waals surface area contributed by atoms with E-state index in [0.29, 0.717) is 12.8 Å². The Bertz CT molecular complexity index is 597. The molecule has 0 aliphatic heterocycles. The first-order valence-electron chi connectivity index (χ1n) is 9.18. The first kappa shape index (κ1) is 22.9. The first-order chi connectivity index (χ1) is 12.6. The fraction of sp³-hybridized carbons (Fsp3) is 0.600. The molecule has 1 aromatic rings. The summed E-state index contributed by atoms with van der Waals surface area (Å²) in [5.74, 6) is -1.08. The average Bonchev–Trinajstić information content (AvgIpc) is 2.55. The molecule has 1 unspecified atom stereocenters. The summed E-state index contributed by atoms with van der Waals surface area (Å²) in [6, 6.07) is 5.35. The highest BCUT2D eigenvalue weighted by Gasteiger charge is 2.23. The zero-order valence-corrected chi connectivity index (χ0v) is 16.1. The maximum absolute atomic E-state index is 12.5. The number of benzene rings is 1. The van der Waals surface area contributed by atoms with Gasteiger partial charge in [-0.1, -0.05) is 43.5 Å². The Hall–Kier alpha value is -2.18. The number of carboxylic acids is 1. The van der Waals surface area contributed by atoms with Gasteiger partial charge in [0.25, 0.3) is 6.43 Å². The van der Waals surface area contributed by atoms with Crippen molar-refractivity contribution in [3.63, 3.8) is 0 Å². The third-order valence-electron chi connectivity index (χ3n) is 3.93. The van der Waals surface area contributed by atoms with Crippen molar-refractivity contribution >= 4 is 12.1 Å². The molecule has 5 nitrogen and oxygen atoms in total. The third kappa shape index (κ3) is 9.92. The van der Waals surface area contributed by atoms with E-state index in [2.05, 4.69) is 5.32 Å². The molecule has 0 aliphatic rings. The molecule has 27 heavy (non-hydrogen) atoms. The van der Waals surface area contributed by atoms with Gasteiger partial charge in [-0.25, -0.2) is 18.4 Å². The van der Waals surface area contributed by atoms with Crippen LogP contribution in [0.2, 0.25) is 0 Å². The standard InChI is InChI=1S/C20H29F2NO4/c1-20(2,3)27-19(26)23-16(18(24)25)9-7-5-4-6-8-14-10-12-15(13-11-14)17(21)22/h10-13,16-17H,4-9H2,1-3H3,(H,23,26)(H,24,25). The second-order valence-corrected chi connectivity index (χ2v) is 7.53. The number of alkyl carbamates (subject to hydrolysis) is 1. The lowest BCUT2D eigenvalue weighted by Gasteiger charge is -2.22. The number of ether oxygens (including phenoxy) is 1. The summed E-state index contributed by atoms with van der Waals surface area (Å²) in [5.41, 5.74) is 0.353. The van der Waals surface area contributed by atoms with E-state index in [0.717, 1.165) is 31.2 Å². The number of rotatable bonds is 10. The SMILES string of the molecule is CC(C)(C)OC(=O)NC(CCCCCCc1ccc(C(F)F)cc1)C(=O)O. The summed E-state index contributed by atoms with van der Waals surface area (Å²) in [5, 5.41) is 11.6. The molecule has 7 heteroatoms. The molecule has 0 aromatic heterocycles. The lowest BCUT2D eigenvalue weighted by Crippen LogP contribution is -2.43. The number of halogens is 2. The van der Waals surface area contributed by atoms with E-state index >= 15 is 0 Å². The lowest BCUT2D eigenvalue weighted by molar-refractivity contribution is -0.139. The minimum absolute atomic E-state index is 0.0240. The van der Waals surface area contributed by atoms with Crippen LogP contribution in [0.4, 0.5) is 13.6 Å². The molecule has 0 radical (unpaired) electrons. The summed E-state index contributed by atoms with van der Waals surface area (Å²) in [6.07, 6.45) is 1.23. The van der Waals surface area contributed by atoms with Crippen LogP contribution in [0.1, 0.15) is 70.4 Å². The Balaban J connectivity index is 2.26. The van der Waals surface area contributed by atoms with Crippen LogP contribution in [0.15, 0.2) is 24.3 Å². The van der Waals surface area contributed by atoms with Gasteiger partial charge in [0.05, 0.1) is 0 Å². The van der Waals surface area contributed by atoms with E-state index < -0.39 is 30.1 Å². The van der Waals surface area contributed by atoms with Gasteiger partial charge in [0.15, 0.2) is 0 Å². The van der Waals surface area contributed by atoms with Crippen molar-refractivity contribution in [1.29, 1.82) is 0 Å². The van der Waals surface area contributed by atoms with Crippen molar-refractivity contribution < 1.29 is 28.2 Å². The summed E-state index contributed by atoms with van der Waals surface area (Å²) in [6.45, 7) is 5.14. The van der Waals surface area contributed by atoms with Gasteiger partial charge in [-0.05, 0) is 45.6 Å². The number of unbranched alkanes of at least 4 members (excludes halogenated alkanes) is 3. The van der Waals surface area contributed by atoms with E-state index in [4.69, 9.17) is 4.74 Å². The zero-order chi connectivity index (χ0) is 20.4. The van der Waals surface area contributed by atoms with Gasteiger partial charge in [-0.2, -0.15) is 0 Å². The van der Waals surface area contributed by atoms with Crippen molar-refractivity contribution in [3.05, 3.63) is 35.4 Å². The number of carbonyl (C=O) groups excluding carboxylic acids is 1. The van der Waals surface area contributed by atoms with Gasteiger partial charge in [-0.15, -0.1) is 0 Å². The Morgan fingerprint density at radius 2 is 1.67 bits per heavy atom. The molecule has 0 aliphatic carbocycles. The fourth-order valence-corrected chi connectivity index (χ4v) is 2.57. The van der Waals surface area contributed by atoms with Crippen molar-refractivity contribution in [1.82, 2.24) is 5.32 Å². The monoisotopic (exact) mass is 385 g/mol. The number of carboxylic acid groups (broad SMARTS) is 1. The first-order valence-corrected chi connectivity index (χ1v) is 9.18. The molecule has 0 bridgehead atoms. The maximum atomic E-state index is 12.5. The molecular weight excluding hydrogens is 356 g/mol. The molecular formula is C20H29F2NO4. The molecule has 1 aromatic carbocycles. The van der Waals surface area contributed by atoms with Gasteiger partial charge in [-0.3, -0.25) is 0 Å². The topological polar surface area (TPSA) is 75.6 Å². The summed E-state index contributed by atoms with van der Waals surface area (Å²) in [7, 11) is 0. The minimum Gasteiger partial charge on any atom is -0.480 e. The molecule has 0 saturated heterocycles. The molecule has 1 atom stereocenters. The largest absolute Gasteiger partial charge is 0.480 e. The number of nitrogens with one attached hydrogen (secondary N) is 1. The van der Waals surface area contributed by atoms with E-state index in [-0.39, 0.29) is 5.56 Å². The highest BCUT2D eigenvalue weighted by Crippen LogP contribution is 2.19. The van der Waals surface area contributed by atoms with E-state index in [1.165, 1.54) is 12.1 Å². The lowest BCUT2D eigenvalue weighted by atomic mass is 10.0. The van der Waals surface area contributed by atoms with Crippen LogP contribution in [0.25, 0.3) is 0 Å². The summed E-state index contributed by atoms with van der Waals surface area (Å²) in [4.78, 5) is 22.9. The van der Waals surface area contributed by atoms with Crippen LogP contribution >= 0.6 is 0 Å². The van der Waals surface area contributed by atoms with Crippen molar-refractivity contribution in [2.75, 3.05) is 0 Å². The molecule has 0 heterocycles. The molecule has 0 spiro atoms. The van der Waals surface area contributed by atoms with Crippen molar-refractivity contribution in [3.8, 4) is 0 Å². The fourth-order valence-electron chi connectivity index (χ4n) is 2.57. The van der Waals surface area contributed by atoms with Crippen LogP contribution in [0.3, 0.4) is 0 Å². The van der Waals surface area contributed by atoms with E-state index in [1.54, 1.807) is 32.9 Å². The van der Waals surface area contributed by atoms with Crippen molar-refractivity contribution in [2.24, 2.45) is 0 Å². The molecule has 0 saturated carbocycles. The van der Waals surface area contributed by atoms with Gasteiger partial charge in [0.2, 0.25) is 0 Å². The number of hydrogen-bond donors (Lipinski definition) is 2. The Morgan fingerprint density at radius 3 is 2.19 bits per heavy atom. The maximum Gasteiger partial charge on any atom is 0.408 e. The second-order valence-electron chi connectivity index (χ2n) is 7.53. The molecule has 152 valence electrons. The number of alkyl halides is 2.